The molecular formula is C19H14Cl2N4O. The van der Waals surface area contributed by atoms with Crippen molar-refractivity contribution in [2.75, 3.05) is 10.6 Å². The quantitative estimate of drug-likeness (QED) is 0.449. The SMILES string of the molecule is Clc1cccc(Nc2nc(NCc3ccco3)c3ccccc3n2)c1Cl. The fourth-order valence-corrected chi connectivity index (χ4v) is 2.92. The average Bonchev–Trinajstić information content (AvgIpc) is 3.17. The van der Waals surface area contributed by atoms with Gasteiger partial charge in [-0.05, 0) is 36.4 Å². The molecule has 2 aromatic carbocycles. The third kappa shape index (κ3) is 3.45. The molecule has 2 N–H and O–H groups in total. The van der Waals surface area contributed by atoms with Crippen molar-refractivity contribution in [1.29, 1.82) is 0 Å². The van der Waals surface area contributed by atoms with Crippen molar-refractivity contribution in [2.24, 2.45) is 0 Å². The minimum absolute atomic E-state index is 0.426. The minimum atomic E-state index is 0.426. The van der Waals surface area contributed by atoms with Crippen LogP contribution in [0.2, 0.25) is 10.0 Å². The van der Waals surface area contributed by atoms with E-state index in [1.165, 1.54) is 0 Å². The Hall–Kier alpha value is -2.76. The van der Waals surface area contributed by atoms with Crippen molar-refractivity contribution in [3.8, 4) is 0 Å². The molecule has 26 heavy (non-hydrogen) atoms. The first kappa shape index (κ1) is 16.7. The molecule has 0 saturated carbocycles. The van der Waals surface area contributed by atoms with Crippen LogP contribution in [-0.2, 0) is 6.54 Å². The van der Waals surface area contributed by atoms with Gasteiger partial charge in [-0.3, -0.25) is 0 Å². The normalized spacial score (nSPS) is 10.8. The highest BCUT2D eigenvalue weighted by Gasteiger charge is 2.10. The molecule has 0 aliphatic carbocycles. The van der Waals surface area contributed by atoms with Crippen molar-refractivity contribution in [3.05, 3.63) is 76.7 Å². The Morgan fingerprint density at radius 2 is 1.81 bits per heavy atom. The van der Waals surface area contributed by atoms with E-state index in [9.17, 15) is 0 Å². The zero-order chi connectivity index (χ0) is 17.9. The van der Waals surface area contributed by atoms with Crippen LogP contribution in [0, 0.1) is 0 Å². The van der Waals surface area contributed by atoms with E-state index in [4.69, 9.17) is 27.6 Å². The summed E-state index contributed by atoms with van der Waals surface area (Å²) in [5.41, 5.74) is 1.46. The van der Waals surface area contributed by atoms with Crippen LogP contribution in [-0.4, -0.2) is 9.97 Å². The molecule has 0 aliphatic heterocycles. The lowest BCUT2D eigenvalue weighted by molar-refractivity contribution is 0.518. The van der Waals surface area contributed by atoms with E-state index in [2.05, 4.69) is 20.6 Å². The standard InChI is InChI=1S/C19H14Cl2N4O/c20-14-7-3-9-16(17(14)21)24-19-23-15-8-2-1-6-13(15)18(25-19)22-11-12-5-4-10-26-12/h1-10H,11H2,(H2,22,23,24,25). The fraction of sp³-hybridized carbons (Fsp3) is 0.0526. The minimum Gasteiger partial charge on any atom is -0.467 e. The van der Waals surface area contributed by atoms with Gasteiger partial charge in [0, 0.05) is 5.39 Å². The lowest BCUT2D eigenvalue weighted by Gasteiger charge is -2.12. The number of hydrogen-bond donors (Lipinski definition) is 2. The monoisotopic (exact) mass is 384 g/mol. The molecule has 0 saturated heterocycles. The zero-order valence-corrected chi connectivity index (χ0v) is 15.1. The van der Waals surface area contributed by atoms with Crippen LogP contribution in [0.15, 0.2) is 65.3 Å². The molecule has 0 unspecified atom stereocenters. The highest BCUT2D eigenvalue weighted by Crippen LogP contribution is 2.32. The van der Waals surface area contributed by atoms with E-state index >= 15 is 0 Å². The molecule has 0 spiro atoms. The third-order valence-corrected chi connectivity index (χ3v) is 4.63. The lowest BCUT2D eigenvalue weighted by atomic mass is 10.2. The molecule has 0 fully saturated rings. The van der Waals surface area contributed by atoms with Crippen molar-refractivity contribution in [1.82, 2.24) is 9.97 Å². The maximum atomic E-state index is 6.25. The van der Waals surface area contributed by atoms with Gasteiger partial charge in [0.1, 0.15) is 11.6 Å². The molecule has 0 radical (unpaired) electrons. The predicted molar refractivity (Wildman–Crippen MR) is 105 cm³/mol. The first-order valence-electron chi connectivity index (χ1n) is 7.95. The van der Waals surface area contributed by atoms with Crippen molar-refractivity contribution >= 4 is 51.6 Å². The summed E-state index contributed by atoms with van der Waals surface area (Å²) in [6.07, 6.45) is 1.64. The van der Waals surface area contributed by atoms with Crippen LogP contribution in [0.4, 0.5) is 17.5 Å². The molecular weight excluding hydrogens is 371 g/mol. The number of nitrogens with zero attached hydrogens (tertiary/aromatic N) is 2. The van der Waals surface area contributed by atoms with Crippen LogP contribution < -0.4 is 10.6 Å². The highest BCUT2D eigenvalue weighted by atomic mass is 35.5. The van der Waals surface area contributed by atoms with Crippen molar-refractivity contribution in [3.63, 3.8) is 0 Å². The van der Waals surface area contributed by atoms with E-state index in [1.807, 2.05) is 48.5 Å². The number of aromatic nitrogens is 2. The summed E-state index contributed by atoms with van der Waals surface area (Å²) < 4.78 is 5.37. The van der Waals surface area contributed by atoms with Crippen molar-refractivity contribution in [2.45, 2.75) is 6.54 Å². The van der Waals surface area contributed by atoms with Gasteiger partial charge in [-0.2, -0.15) is 4.98 Å². The Morgan fingerprint density at radius 3 is 2.65 bits per heavy atom. The first-order chi connectivity index (χ1) is 12.7. The van der Waals surface area contributed by atoms with E-state index < -0.39 is 0 Å². The summed E-state index contributed by atoms with van der Waals surface area (Å²) in [5, 5.41) is 8.25. The maximum absolute atomic E-state index is 6.25. The van der Waals surface area contributed by atoms with Gasteiger partial charge in [-0.25, -0.2) is 4.98 Å². The van der Waals surface area contributed by atoms with Gasteiger partial charge < -0.3 is 15.1 Å². The highest BCUT2D eigenvalue weighted by molar-refractivity contribution is 6.43. The smallest absolute Gasteiger partial charge is 0.229 e. The Morgan fingerprint density at radius 1 is 0.923 bits per heavy atom. The Balaban J connectivity index is 1.70. The Bertz CT molecular complexity index is 1050. The maximum Gasteiger partial charge on any atom is 0.229 e. The zero-order valence-electron chi connectivity index (χ0n) is 13.5. The average molecular weight is 385 g/mol. The molecule has 4 aromatic rings. The van der Waals surface area contributed by atoms with E-state index in [0.29, 0.717) is 34.0 Å². The molecule has 0 amide bonds. The summed E-state index contributed by atoms with van der Waals surface area (Å²) >= 11 is 12.3. The number of furan rings is 1. The van der Waals surface area contributed by atoms with Gasteiger partial charge in [-0.15, -0.1) is 0 Å². The number of anilines is 3. The van der Waals surface area contributed by atoms with E-state index in [-0.39, 0.29) is 0 Å². The molecule has 2 heterocycles. The van der Waals surface area contributed by atoms with Gasteiger partial charge in [0.25, 0.3) is 0 Å². The van der Waals surface area contributed by atoms with Gasteiger partial charge in [0.05, 0.1) is 34.1 Å². The summed E-state index contributed by atoms with van der Waals surface area (Å²) in [4.78, 5) is 9.15. The topological polar surface area (TPSA) is 63.0 Å². The Labute approximate surface area is 160 Å². The van der Waals surface area contributed by atoms with Crippen LogP contribution in [0.1, 0.15) is 5.76 Å². The van der Waals surface area contributed by atoms with Gasteiger partial charge in [-0.1, -0.05) is 41.4 Å². The van der Waals surface area contributed by atoms with Gasteiger partial charge in [0.15, 0.2) is 0 Å². The molecule has 130 valence electrons. The molecule has 0 aliphatic rings. The lowest BCUT2D eigenvalue weighted by Crippen LogP contribution is -2.05. The van der Waals surface area contributed by atoms with Gasteiger partial charge >= 0.3 is 0 Å². The molecule has 4 rings (SSSR count). The summed E-state index contributed by atoms with van der Waals surface area (Å²) in [6, 6.07) is 16.9. The predicted octanol–water partition coefficient (Wildman–Crippen LogP) is 5.89. The van der Waals surface area contributed by atoms with Crippen LogP contribution in [0.5, 0.6) is 0 Å². The number of rotatable bonds is 5. The van der Waals surface area contributed by atoms with Gasteiger partial charge in [0.2, 0.25) is 5.95 Å². The number of benzene rings is 2. The van der Waals surface area contributed by atoms with Crippen LogP contribution >= 0.6 is 23.2 Å². The second-order valence-electron chi connectivity index (χ2n) is 5.57. The number of nitrogens with one attached hydrogen (secondary N) is 2. The van der Waals surface area contributed by atoms with Crippen LogP contribution in [0.3, 0.4) is 0 Å². The van der Waals surface area contributed by atoms with Crippen molar-refractivity contribution < 1.29 is 4.42 Å². The second-order valence-corrected chi connectivity index (χ2v) is 6.36. The summed E-state index contributed by atoms with van der Waals surface area (Å²) in [5.74, 6) is 1.95. The number of fused-ring (bicyclic) bond motifs is 1. The molecule has 0 atom stereocenters. The number of hydrogen-bond acceptors (Lipinski definition) is 5. The molecule has 2 aromatic heterocycles. The summed E-state index contributed by atoms with van der Waals surface area (Å²) in [6.45, 7) is 0.519. The van der Waals surface area contributed by atoms with E-state index in [1.54, 1.807) is 12.3 Å². The first-order valence-corrected chi connectivity index (χ1v) is 8.70. The Kier molecular flexibility index (Phi) is 4.65. The molecule has 0 bridgehead atoms. The molecule has 7 heteroatoms. The van der Waals surface area contributed by atoms with Crippen LogP contribution in [0.25, 0.3) is 10.9 Å². The fourth-order valence-electron chi connectivity index (χ4n) is 2.57. The molecule has 5 nitrogen and oxygen atoms in total. The summed E-state index contributed by atoms with van der Waals surface area (Å²) in [7, 11) is 0. The second kappa shape index (κ2) is 7.23. The third-order valence-electron chi connectivity index (χ3n) is 3.81. The number of halogens is 2. The van der Waals surface area contributed by atoms with E-state index in [0.717, 1.165) is 16.7 Å². The number of para-hydroxylation sites is 1. The largest absolute Gasteiger partial charge is 0.467 e.